The Morgan fingerprint density at radius 2 is 2.24 bits per heavy atom. The van der Waals surface area contributed by atoms with Crippen LogP contribution in [0.5, 0.6) is 0 Å². The first-order valence-electron chi connectivity index (χ1n) is 7.10. The smallest absolute Gasteiger partial charge is 0.276 e. The number of amides is 1. The molecule has 0 spiro atoms. The number of anilines is 1. The average molecular weight is 285 g/mol. The Balaban J connectivity index is 1.33. The third-order valence-electron chi connectivity index (χ3n) is 3.82. The van der Waals surface area contributed by atoms with E-state index in [0.29, 0.717) is 24.7 Å². The molecule has 0 radical (unpaired) electrons. The third kappa shape index (κ3) is 2.46. The quantitative estimate of drug-likeness (QED) is 0.911. The molecule has 2 fully saturated rings. The predicted octanol–water partition coefficient (Wildman–Crippen LogP) is 1.28. The number of nitrogens with zero attached hydrogens (tertiary/aromatic N) is 4. The molecule has 7 nitrogen and oxygen atoms in total. The Morgan fingerprint density at radius 3 is 2.95 bits per heavy atom. The van der Waals surface area contributed by atoms with Gasteiger partial charge in [-0.2, -0.15) is 5.10 Å². The number of hydrogen-bond acceptors (Lipinski definition) is 6. The fourth-order valence-electron chi connectivity index (χ4n) is 2.44. The number of carbonyl (C=O) groups excluding carboxylic acids is 1. The van der Waals surface area contributed by atoms with Crippen molar-refractivity contribution in [3.05, 3.63) is 35.9 Å². The van der Waals surface area contributed by atoms with Crippen LogP contribution in [0, 0.1) is 0 Å². The Bertz CT molecular complexity index is 646. The van der Waals surface area contributed by atoms with Crippen LogP contribution in [-0.2, 0) is 0 Å². The van der Waals surface area contributed by atoms with Crippen LogP contribution in [0.25, 0.3) is 0 Å². The zero-order chi connectivity index (χ0) is 14.2. The normalized spacial score (nSPS) is 18.4. The van der Waals surface area contributed by atoms with Gasteiger partial charge in [0.2, 0.25) is 0 Å². The molecule has 1 saturated heterocycles. The highest BCUT2D eigenvalue weighted by Crippen LogP contribution is 2.40. The molecule has 0 unspecified atom stereocenters. The minimum absolute atomic E-state index is 0.0668. The van der Waals surface area contributed by atoms with E-state index in [-0.39, 0.29) is 11.9 Å². The van der Waals surface area contributed by atoms with Crippen molar-refractivity contribution < 1.29 is 9.32 Å². The summed E-state index contributed by atoms with van der Waals surface area (Å²) >= 11 is 0. The van der Waals surface area contributed by atoms with Gasteiger partial charge >= 0.3 is 0 Å². The topological polar surface area (TPSA) is 84.2 Å². The average Bonchev–Trinajstić information content (AvgIpc) is 3.20. The van der Waals surface area contributed by atoms with Gasteiger partial charge in [0.25, 0.3) is 5.91 Å². The van der Waals surface area contributed by atoms with Crippen molar-refractivity contribution in [2.45, 2.75) is 24.8 Å². The third-order valence-corrected chi connectivity index (χ3v) is 3.82. The molecule has 2 aliphatic rings. The van der Waals surface area contributed by atoms with Crippen molar-refractivity contribution in [1.29, 1.82) is 0 Å². The van der Waals surface area contributed by atoms with Crippen molar-refractivity contribution in [3.63, 3.8) is 0 Å². The van der Waals surface area contributed by atoms with Gasteiger partial charge in [0, 0.05) is 31.3 Å². The van der Waals surface area contributed by atoms with Gasteiger partial charge in [0.05, 0.1) is 6.04 Å². The number of likely N-dealkylation sites (tertiary alicyclic amines) is 1. The van der Waals surface area contributed by atoms with E-state index in [0.717, 1.165) is 24.4 Å². The van der Waals surface area contributed by atoms with Crippen LogP contribution >= 0.6 is 0 Å². The second-order valence-electron chi connectivity index (χ2n) is 5.55. The van der Waals surface area contributed by atoms with E-state index in [1.807, 2.05) is 12.1 Å². The maximum Gasteiger partial charge on any atom is 0.276 e. The number of aromatic nitrogens is 3. The summed E-state index contributed by atoms with van der Waals surface area (Å²) in [6.45, 7) is 1.28. The molecule has 3 heterocycles. The first kappa shape index (κ1) is 12.3. The fourth-order valence-corrected chi connectivity index (χ4v) is 2.44. The lowest BCUT2D eigenvalue weighted by Crippen LogP contribution is -2.57. The van der Waals surface area contributed by atoms with Crippen LogP contribution in [0.15, 0.2) is 28.9 Å². The predicted molar refractivity (Wildman–Crippen MR) is 73.8 cm³/mol. The molecular weight excluding hydrogens is 270 g/mol. The first-order chi connectivity index (χ1) is 10.3. The molecule has 1 aliphatic heterocycles. The zero-order valence-corrected chi connectivity index (χ0v) is 11.4. The summed E-state index contributed by atoms with van der Waals surface area (Å²) in [7, 11) is 0. The lowest BCUT2D eigenvalue weighted by molar-refractivity contribution is 0.0614. The Morgan fingerprint density at radius 1 is 1.38 bits per heavy atom. The largest absolute Gasteiger partial charge is 0.362 e. The number of hydrogen-bond donors (Lipinski definition) is 1. The van der Waals surface area contributed by atoms with Crippen molar-refractivity contribution in [2.75, 3.05) is 18.4 Å². The van der Waals surface area contributed by atoms with E-state index >= 15 is 0 Å². The van der Waals surface area contributed by atoms with Crippen LogP contribution in [0.4, 0.5) is 5.82 Å². The summed E-state index contributed by atoms with van der Waals surface area (Å²) in [5.74, 6) is 1.98. The number of carbonyl (C=O) groups is 1. The first-order valence-corrected chi connectivity index (χ1v) is 7.10. The minimum Gasteiger partial charge on any atom is -0.362 e. The van der Waals surface area contributed by atoms with E-state index in [1.165, 1.54) is 0 Å². The molecule has 108 valence electrons. The van der Waals surface area contributed by atoms with Gasteiger partial charge in [-0.05, 0) is 25.0 Å². The van der Waals surface area contributed by atoms with Crippen LogP contribution in [0.1, 0.15) is 35.0 Å². The van der Waals surface area contributed by atoms with Gasteiger partial charge in [0.1, 0.15) is 11.6 Å². The summed E-state index contributed by atoms with van der Waals surface area (Å²) in [5, 5.41) is 14.9. The summed E-state index contributed by atoms with van der Waals surface area (Å²) in [4.78, 5) is 14.0. The standard InChI is InChI=1S/C14H15N5O2/c20-14(11-6-12(21-18-11)9-3-4-9)19-7-10(8-19)16-13-2-1-5-15-17-13/h1-2,5-6,9-10H,3-4,7-8H2,(H,16,17). The lowest BCUT2D eigenvalue weighted by atomic mass is 10.1. The summed E-state index contributed by atoms with van der Waals surface area (Å²) < 4.78 is 5.22. The van der Waals surface area contributed by atoms with Gasteiger partial charge in [-0.15, -0.1) is 5.10 Å². The van der Waals surface area contributed by atoms with Crippen LogP contribution in [0.3, 0.4) is 0 Å². The molecule has 0 atom stereocenters. The highest BCUT2D eigenvalue weighted by molar-refractivity contribution is 5.93. The molecule has 1 amide bonds. The maximum atomic E-state index is 12.2. The maximum absolute atomic E-state index is 12.2. The highest BCUT2D eigenvalue weighted by Gasteiger charge is 2.34. The molecule has 7 heteroatoms. The van der Waals surface area contributed by atoms with E-state index in [9.17, 15) is 4.79 Å². The SMILES string of the molecule is O=C(c1cc(C2CC2)on1)N1CC(Nc2cccnn2)C1. The zero-order valence-electron chi connectivity index (χ0n) is 11.4. The van der Waals surface area contributed by atoms with Gasteiger partial charge < -0.3 is 14.7 Å². The van der Waals surface area contributed by atoms with E-state index in [2.05, 4.69) is 20.7 Å². The van der Waals surface area contributed by atoms with Gasteiger partial charge in [-0.1, -0.05) is 5.16 Å². The molecule has 2 aromatic heterocycles. The van der Waals surface area contributed by atoms with Crippen molar-refractivity contribution >= 4 is 11.7 Å². The van der Waals surface area contributed by atoms with E-state index < -0.39 is 0 Å². The Labute approximate surface area is 121 Å². The molecule has 4 rings (SSSR count). The van der Waals surface area contributed by atoms with Crippen LogP contribution in [-0.4, -0.2) is 45.3 Å². The van der Waals surface area contributed by atoms with Crippen molar-refractivity contribution in [2.24, 2.45) is 0 Å². The summed E-state index contributed by atoms with van der Waals surface area (Å²) in [5.41, 5.74) is 0.412. The molecule has 1 N–H and O–H groups in total. The van der Waals surface area contributed by atoms with E-state index in [1.54, 1.807) is 17.2 Å². The van der Waals surface area contributed by atoms with Crippen LogP contribution in [0.2, 0.25) is 0 Å². The highest BCUT2D eigenvalue weighted by atomic mass is 16.5. The van der Waals surface area contributed by atoms with Crippen LogP contribution < -0.4 is 5.32 Å². The minimum atomic E-state index is -0.0668. The molecule has 2 aromatic rings. The molecule has 1 saturated carbocycles. The molecule has 0 bridgehead atoms. The van der Waals surface area contributed by atoms with Crippen molar-refractivity contribution in [3.8, 4) is 0 Å². The van der Waals surface area contributed by atoms with Gasteiger partial charge in [-0.25, -0.2) is 0 Å². The van der Waals surface area contributed by atoms with E-state index in [4.69, 9.17) is 4.52 Å². The van der Waals surface area contributed by atoms with Gasteiger partial charge in [-0.3, -0.25) is 4.79 Å². The number of nitrogens with one attached hydrogen (secondary N) is 1. The van der Waals surface area contributed by atoms with Gasteiger partial charge in [0.15, 0.2) is 5.69 Å². The Kier molecular flexibility index (Phi) is 2.83. The second kappa shape index (κ2) is 4.83. The van der Waals surface area contributed by atoms with Crippen molar-refractivity contribution in [1.82, 2.24) is 20.3 Å². The summed E-state index contributed by atoms with van der Waals surface area (Å²) in [6.07, 6.45) is 3.90. The monoisotopic (exact) mass is 285 g/mol. The Hall–Kier alpha value is -2.44. The summed E-state index contributed by atoms with van der Waals surface area (Å²) in [6, 6.07) is 5.67. The molecule has 21 heavy (non-hydrogen) atoms. The second-order valence-corrected chi connectivity index (χ2v) is 5.55. The molecule has 1 aliphatic carbocycles. The fraction of sp³-hybridized carbons (Fsp3) is 0.429. The molecular formula is C14H15N5O2. The lowest BCUT2D eigenvalue weighted by Gasteiger charge is -2.39. The molecule has 0 aromatic carbocycles. The number of rotatable bonds is 4.